The summed E-state index contributed by atoms with van der Waals surface area (Å²) in [5, 5.41) is 26.0. The molecule has 5 heteroatoms. The summed E-state index contributed by atoms with van der Waals surface area (Å²) in [6.45, 7) is 0. The third-order valence-electron chi connectivity index (χ3n) is 9.61. The summed E-state index contributed by atoms with van der Waals surface area (Å²) >= 11 is 1.74. The Kier molecular flexibility index (Phi) is 5.84. The molecule has 0 aliphatic rings. The molecule has 0 atom stereocenters. The number of benzene rings is 7. The maximum atomic E-state index is 9.74. The van der Waals surface area contributed by atoms with Crippen LogP contribution in [0.2, 0.25) is 0 Å². The summed E-state index contributed by atoms with van der Waals surface area (Å²) in [4.78, 5) is 0. The minimum absolute atomic E-state index is 0.619. The molecule has 0 amide bonds. The molecule has 3 aromatic heterocycles. The molecular weight excluding hydrogens is 619 g/mol. The lowest BCUT2D eigenvalue weighted by atomic mass is 9.96. The lowest BCUT2D eigenvalue weighted by molar-refractivity contribution is 0.673. The van der Waals surface area contributed by atoms with E-state index in [1.807, 2.05) is 48.5 Å². The van der Waals surface area contributed by atoms with Crippen LogP contribution in [0.4, 0.5) is 0 Å². The van der Waals surface area contributed by atoms with Gasteiger partial charge in [0.15, 0.2) is 0 Å². The zero-order valence-corrected chi connectivity index (χ0v) is 26.8. The molecule has 0 N–H and O–H groups in total. The number of aromatic nitrogens is 1. The molecule has 0 aliphatic heterocycles. The molecule has 0 fully saturated rings. The first kappa shape index (κ1) is 27.5. The van der Waals surface area contributed by atoms with Crippen LogP contribution in [0.25, 0.3) is 91.9 Å². The molecule has 7 aromatic carbocycles. The fourth-order valence-electron chi connectivity index (χ4n) is 7.38. The quantitative estimate of drug-likeness (QED) is 0.193. The molecule has 0 spiro atoms. The molecular formula is C44H23N3OS. The summed E-state index contributed by atoms with van der Waals surface area (Å²) in [5.41, 5.74) is 10.3. The third-order valence-corrected chi connectivity index (χ3v) is 10.8. The number of fused-ring (bicyclic) bond motifs is 10. The van der Waals surface area contributed by atoms with Gasteiger partial charge in [-0.05, 0) is 107 Å². The molecule has 10 aromatic rings. The molecule has 0 saturated carbocycles. The van der Waals surface area contributed by atoms with Gasteiger partial charge in [0.2, 0.25) is 0 Å². The summed E-state index contributed by atoms with van der Waals surface area (Å²) in [6.07, 6.45) is 0. The highest BCUT2D eigenvalue weighted by molar-refractivity contribution is 7.25. The third kappa shape index (κ3) is 4.14. The number of rotatable bonds is 3. The standard InChI is InChI=1S/C44H23N3OS/c45-24-26-6-5-7-28(18-26)30-20-31(29-13-17-42-37(23-29)36-19-27(25-46)12-16-41(36)49-42)22-32(21-30)47-38-10-3-1-9-35(38)43-39(47)15-14-34-33-8-2-4-11-40(33)48-44(34)43/h1-23H. The van der Waals surface area contributed by atoms with Gasteiger partial charge >= 0.3 is 0 Å². The van der Waals surface area contributed by atoms with Gasteiger partial charge in [-0.15, -0.1) is 11.3 Å². The minimum Gasteiger partial charge on any atom is -0.455 e. The van der Waals surface area contributed by atoms with Crippen molar-refractivity contribution in [3.05, 3.63) is 151 Å². The molecule has 0 bridgehead atoms. The Morgan fingerprint density at radius 3 is 2.04 bits per heavy atom. The predicted molar refractivity (Wildman–Crippen MR) is 201 cm³/mol. The molecule has 0 aliphatic carbocycles. The topological polar surface area (TPSA) is 65.7 Å². The zero-order valence-electron chi connectivity index (χ0n) is 25.9. The lowest BCUT2D eigenvalue weighted by Crippen LogP contribution is -1.96. The van der Waals surface area contributed by atoms with Crippen molar-refractivity contribution in [3.63, 3.8) is 0 Å². The number of hydrogen-bond donors (Lipinski definition) is 0. The van der Waals surface area contributed by atoms with E-state index >= 15 is 0 Å². The van der Waals surface area contributed by atoms with E-state index in [2.05, 4.69) is 108 Å². The monoisotopic (exact) mass is 641 g/mol. The Morgan fingerprint density at radius 2 is 1.20 bits per heavy atom. The maximum Gasteiger partial charge on any atom is 0.145 e. The molecule has 226 valence electrons. The van der Waals surface area contributed by atoms with Crippen molar-refractivity contribution in [3.8, 4) is 40.1 Å². The number of para-hydroxylation sites is 2. The van der Waals surface area contributed by atoms with Crippen LogP contribution >= 0.6 is 11.3 Å². The first-order valence-corrected chi connectivity index (χ1v) is 16.8. The summed E-state index contributed by atoms with van der Waals surface area (Å²) in [5.74, 6) is 0. The van der Waals surface area contributed by atoms with E-state index in [1.165, 1.54) is 4.70 Å². The van der Waals surface area contributed by atoms with Crippen molar-refractivity contribution in [1.82, 2.24) is 4.57 Å². The SMILES string of the molecule is N#Cc1cccc(-c2cc(-c3ccc4sc5ccc(C#N)cc5c4c3)cc(-n3c4ccccc4c4c5oc6ccccc6c5ccc43)c2)c1. The second-order valence-corrected chi connectivity index (χ2v) is 13.5. The van der Waals surface area contributed by atoms with E-state index in [0.717, 1.165) is 87.2 Å². The van der Waals surface area contributed by atoms with Crippen molar-refractivity contribution in [1.29, 1.82) is 10.5 Å². The second kappa shape index (κ2) is 10.4. The van der Waals surface area contributed by atoms with Crippen LogP contribution in [0.15, 0.2) is 144 Å². The summed E-state index contributed by atoms with van der Waals surface area (Å²) in [6, 6.07) is 52.7. The largest absolute Gasteiger partial charge is 0.455 e. The smallest absolute Gasteiger partial charge is 0.145 e. The average Bonchev–Trinajstić information content (AvgIpc) is 3.83. The van der Waals surface area contributed by atoms with E-state index in [-0.39, 0.29) is 0 Å². The van der Waals surface area contributed by atoms with Crippen molar-refractivity contribution in [2.75, 3.05) is 0 Å². The van der Waals surface area contributed by atoms with Gasteiger partial charge in [0, 0.05) is 42.0 Å². The van der Waals surface area contributed by atoms with E-state index in [0.29, 0.717) is 11.1 Å². The van der Waals surface area contributed by atoms with Gasteiger partial charge in [0.25, 0.3) is 0 Å². The number of nitriles is 2. The van der Waals surface area contributed by atoms with Crippen molar-refractivity contribution in [2.24, 2.45) is 0 Å². The highest BCUT2D eigenvalue weighted by atomic mass is 32.1. The minimum atomic E-state index is 0.619. The molecule has 0 saturated heterocycles. The van der Waals surface area contributed by atoms with Crippen LogP contribution in [0.5, 0.6) is 0 Å². The number of furan rings is 1. The molecule has 0 unspecified atom stereocenters. The van der Waals surface area contributed by atoms with Crippen LogP contribution in [0.3, 0.4) is 0 Å². The van der Waals surface area contributed by atoms with Crippen LogP contribution in [0, 0.1) is 22.7 Å². The fourth-order valence-corrected chi connectivity index (χ4v) is 8.45. The average molecular weight is 642 g/mol. The number of hydrogen-bond acceptors (Lipinski definition) is 4. The highest BCUT2D eigenvalue weighted by Gasteiger charge is 2.20. The van der Waals surface area contributed by atoms with E-state index in [1.54, 1.807) is 11.3 Å². The van der Waals surface area contributed by atoms with Crippen molar-refractivity contribution >= 4 is 75.3 Å². The second-order valence-electron chi connectivity index (χ2n) is 12.4. The number of nitrogens with zero attached hydrogens (tertiary/aromatic N) is 3. The Labute approximate surface area is 284 Å². The Hall–Kier alpha value is -6.66. The first-order chi connectivity index (χ1) is 24.2. The van der Waals surface area contributed by atoms with E-state index in [9.17, 15) is 10.5 Å². The summed E-state index contributed by atoms with van der Waals surface area (Å²) < 4.78 is 11.2. The van der Waals surface area contributed by atoms with Crippen molar-refractivity contribution < 1.29 is 4.42 Å². The fraction of sp³-hybridized carbons (Fsp3) is 0. The molecule has 3 heterocycles. The van der Waals surface area contributed by atoms with E-state index in [4.69, 9.17) is 4.42 Å². The Morgan fingerprint density at radius 1 is 0.490 bits per heavy atom. The molecule has 49 heavy (non-hydrogen) atoms. The Balaban J connectivity index is 1.28. The summed E-state index contributed by atoms with van der Waals surface area (Å²) in [7, 11) is 0. The van der Waals surface area contributed by atoms with E-state index < -0.39 is 0 Å². The van der Waals surface area contributed by atoms with Gasteiger partial charge in [-0.1, -0.05) is 54.6 Å². The van der Waals surface area contributed by atoms with Gasteiger partial charge in [-0.25, -0.2) is 0 Å². The van der Waals surface area contributed by atoms with Gasteiger partial charge in [-0.3, -0.25) is 0 Å². The highest BCUT2D eigenvalue weighted by Crippen LogP contribution is 2.43. The maximum absolute atomic E-state index is 9.74. The van der Waals surface area contributed by atoms with Crippen LogP contribution in [-0.2, 0) is 0 Å². The first-order valence-electron chi connectivity index (χ1n) is 16.0. The normalized spacial score (nSPS) is 11.6. The van der Waals surface area contributed by atoms with Crippen LogP contribution in [0.1, 0.15) is 11.1 Å². The molecule has 4 nitrogen and oxygen atoms in total. The van der Waals surface area contributed by atoms with Gasteiger partial charge in [0.1, 0.15) is 11.2 Å². The van der Waals surface area contributed by atoms with Gasteiger partial charge in [-0.2, -0.15) is 10.5 Å². The molecule has 10 rings (SSSR count). The lowest BCUT2D eigenvalue weighted by Gasteiger charge is -2.14. The van der Waals surface area contributed by atoms with Crippen LogP contribution < -0.4 is 0 Å². The number of thiophene rings is 1. The predicted octanol–water partition coefficient (Wildman–Crippen LogP) is 12.1. The Bertz CT molecular complexity index is 3090. The van der Waals surface area contributed by atoms with Crippen molar-refractivity contribution in [2.45, 2.75) is 0 Å². The van der Waals surface area contributed by atoms with Crippen LogP contribution in [-0.4, -0.2) is 4.57 Å². The zero-order chi connectivity index (χ0) is 32.6. The van der Waals surface area contributed by atoms with Gasteiger partial charge in [0.05, 0.1) is 39.7 Å². The molecule has 0 radical (unpaired) electrons. The van der Waals surface area contributed by atoms with Gasteiger partial charge < -0.3 is 8.98 Å².